The Hall–Kier alpha value is -0.0800. The minimum absolute atomic E-state index is 0.360. The molecule has 0 saturated carbocycles. The number of ether oxygens (including phenoxy) is 1. The highest BCUT2D eigenvalue weighted by molar-refractivity contribution is 4.72. The second-order valence-electron chi connectivity index (χ2n) is 6.39. The molecule has 0 aliphatic rings. The standard InChI is InChI=1S/C15H33NO/c1-7-11-16-14(12-13(2)17-6)9-8-10-15(3,4)5/h13-14,16H,7-12H2,1-6H3. The normalized spacial score (nSPS) is 15.9. The number of rotatable bonds is 9. The Bertz CT molecular complexity index is 174. The van der Waals surface area contributed by atoms with E-state index in [0.29, 0.717) is 17.6 Å². The van der Waals surface area contributed by atoms with Gasteiger partial charge in [-0.2, -0.15) is 0 Å². The number of nitrogens with one attached hydrogen (secondary N) is 1. The van der Waals surface area contributed by atoms with Crippen molar-refractivity contribution in [2.75, 3.05) is 13.7 Å². The zero-order valence-corrected chi connectivity index (χ0v) is 12.8. The molecule has 0 heterocycles. The van der Waals surface area contributed by atoms with Gasteiger partial charge in [0.2, 0.25) is 0 Å². The highest BCUT2D eigenvalue weighted by Crippen LogP contribution is 2.22. The third-order valence-electron chi connectivity index (χ3n) is 3.18. The van der Waals surface area contributed by atoms with E-state index in [4.69, 9.17) is 4.74 Å². The molecule has 2 heteroatoms. The van der Waals surface area contributed by atoms with Crippen LogP contribution in [0.4, 0.5) is 0 Å². The first-order valence-corrected chi connectivity index (χ1v) is 7.15. The molecule has 1 N–H and O–H groups in total. The van der Waals surface area contributed by atoms with Crippen molar-refractivity contribution in [3.05, 3.63) is 0 Å². The maximum atomic E-state index is 5.37. The molecule has 0 spiro atoms. The third-order valence-corrected chi connectivity index (χ3v) is 3.18. The minimum atomic E-state index is 0.360. The third kappa shape index (κ3) is 10.8. The first-order chi connectivity index (χ1) is 7.89. The Morgan fingerprint density at radius 2 is 1.88 bits per heavy atom. The van der Waals surface area contributed by atoms with Crippen LogP contribution in [0.25, 0.3) is 0 Å². The lowest BCUT2D eigenvalue weighted by molar-refractivity contribution is 0.0985. The molecule has 0 aliphatic carbocycles. The molecule has 2 unspecified atom stereocenters. The van der Waals surface area contributed by atoms with E-state index in [1.807, 2.05) is 0 Å². The first-order valence-electron chi connectivity index (χ1n) is 7.15. The zero-order chi connectivity index (χ0) is 13.3. The molecule has 17 heavy (non-hydrogen) atoms. The Labute approximate surface area is 109 Å². The summed E-state index contributed by atoms with van der Waals surface area (Å²) in [6.07, 6.45) is 6.57. The van der Waals surface area contributed by atoms with Crippen LogP contribution in [-0.4, -0.2) is 25.8 Å². The van der Waals surface area contributed by atoms with Gasteiger partial charge in [-0.15, -0.1) is 0 Å². The molecule has 0 amide bonds. The SMILES string of the molecule is CCCNC(CCCC(C)(C)C)CC(C)OC. The summed E-state index contributed by atoms with van der Waals surface area (Å²) < 4.78 is 5.37. The van der Waals surface area contributed by atoms with E-state index < -0.39 is 0 Å². The molecule has 2 nitrogen and oxygen atoms in total. The zero-order valence-electron chi connectivity index (χ0n) is 12.8. The Kier molecular flexibility index (Phi) is 8.89. The van der Waals surface area contributed by atoms with Crippen molar-refractivity contribution in [1.29, 1.82) is 0 Å². The van der Waals surface area contributed by atoms with Gasteiger partial charge in [0.15, 0.2) is 0 Å². The average molecular weight is 243 g/mol. The molecule has 2 atom stereocenters. The fraction of sp³-hybridized carbons (Fsp3) is 1.00. The van der Waals surface area contributed by atoms with E-state index in [1.165, 1.54) is 25.7 Å². The van der Waals surface area contributed by atoms with Crippen LogP contribution in [0.1, 0.15) is 66.7 Å². The predicted molar refractivity (Wildman–Crippen MR) is 76.5 cm³/mol. The van der Waals surface area contributed by atoms with E-state index >= 15 is 0 Å². The lowest BCUT2D eigenvalue weighted by Crippen LogP contribution is -2.33. The minimum Gasteiger partial charge on any atom is -0.382 e. The Balaban J connectivity index is 3.92. The molecule has 0 aromatic carbocycles. The maximum absolute atomic E-state index is 5.37. The largest absolute Gasteiger partial charge is 0.382 e. The fourth-order valence-corrected chi connectivity index (χ4v) is 2.03. The van der Waals surface area contributed by atoms with E-state index in [-0.39, 0.29) is 0 Å². The van der Waals surface area contributed by atoms with Gasteiger partial charge in [-0.05, 0) is 44.6 Å². The molecule has 0 bridgehead atoms. The summed E-state index contributed by atoms with van der Waals surface area (Å²) in [4.78, 5) is 0. The lowest BCUT2D eigenvalue weighted by atomic mass is 9.88. The van der Waals surface area contributed by atoms with Crippen LogP contribution in [0.15, 0.2) is 0 Å². The topological polar surface area (TPSA) is 21.3 Å². The van der Waals surface area contributed by atoms with Crippen LogP contribution in [0.3, 0.4) is 0 Å². The molecule has 104 valence electrons. The molecular formula is C15H33NO. The Morgan fingerprint density at radius 3 is 2.35 bits per heavy atom. The fourth-order valence-electron chi connectivity index (χ4n) is 2.03. The van der Waals surface area contributed by atoms with Gasteiger partial charge < -0.3 is 10.1 Å². The van der Waals surface area contributed by atoms with Crippen molar-refractivity contribution in [2.24, 2.45) is 5.41 Å². The van der Waals surface area contributed by atoms with Crippen LogP contribution in [0.5, 0.6) is 0 Å². The van der Waals surface area contributed by atoms with Crippen molar-refractivity contribution in [3.8, 4) is 0 Å². The van der Waals surface area contributed by atoms with Crippen LogP contribution >= 0.6 is 0 Å². The summed E-state index contributed by atoms with van der Waals surface area (Å²) in [5.41, 5.74) is 0.460. The van der Waals surface area contributed by atoms with Crippen LogP contribution in [0.2, 0.25) is 0 Å². The Morgan fingerprint density at radius 1 is 1.24 bits per heavy atom. The van der Waals surface area contributed by atoms with Gasteiger partial charge in [0, 0.05) is 13.2 Å². The summed E-state index contributed by atoms with van der Waals surface area (Å²) in [5, 5.41) is 3.64. The van der Waals surface area contributed by atoms with E-state index in [0.717, 1.165) is 13.0 Å². The van der Waals surface area contributed by atoms with Crippen molar-refractivity contribution in [2.45, 2.75) is 78.9 Å². The van der Waals surface area contributed by atoms with Crippen molar-refractivity contribution in [1.82, 2.24) is 5.32 Å². The highest BCUT2D eigenvalue weighted by atomic mass is 16.5. The second kappa shape index (κ2) is 8.93. The molecule has 0 fully saturated rings. The highest BCUT2D eigenvalue weighted by Gasteiger charge is 2.15. The van der Waals surface area contributed by atoms with E-state index in [1.54, 1.807) is 7.11 Å². The van der Waals surface area contributed by atoms with Crippen LogP contribution in [0, 0.1) is 5.41 Å². The van der Waals surface area contributed by atoms with Crippen LogP contribution in [-0.2, 0) is 4.74 Å². The van der Waals surface area contributed by atoms with Gasteiger partial charge in [0.1, 0.15) is 0 Å². The molecule has 0 rings (SSSR count). The number of hydrogen-bond acceptors (Lipinski definition) is 2. The number of hydrogen-bond donors (Lipinski definition) is 1. The molecule has 0 radical (unpaired) electrons. The molecule has 0 aromatic rings. The van der Waals surface area contributed by atoms with Gasteiger partial charge in [-0.25, -0.2) is 0 Å². The quantitative estimate of drug-likeness (QED) is 0.661. The van der Waals surface area contributed by atoms with Crippen LogP contribution < -0.4 is 5.32 Å². The van der Waals surface area contributed by atoms with Crippen molar-refractivity contribution in [3.63, 3.8) is 0 Å². The van der Waals surface area contributed by atoms with Crippen molar-refractivity contribution < 1.29 is 4.74 Å². The summed E-state index contributed by atoms with van der Waals surface area (Å²) in [5.74, 6) is 0. The van der Waals surface area contributed by atoms with Gasteiger partial charge in [0.05, 0.1) is 6.10 Å². The molecule has 0 aliphatic heterocycles. The molecule has 0 saturated heterocycles. The van der Waals surface area contributed by atoms with E-state index in [2.05, 4.69) is 39.9 Å². The van der Waals surface area contributed by atoms with Gasteiger partial charge >= 0.3 is 0 Å². The second-order valence-corrected chi connectivity index (χ2v) is 6.39. The van der Waals surface area contributed by atoms with Gasteiger partial charge in [0.25, 0.3) is 0 Å². The van der Waals surface area contributed by atoms with Gasteiger partial charge in [-0.3, -0.25) is 0 Å². The smallest absolute Gasteiger partial charge is 0.0558 e. The number of methoxy groups -OCH3 is 1. The van der Waals surface area contributed by atoms with Crippen molar-refractivity contribution >= 4 is 0 Å². The average Bonchev–Trinajstić information content (AvgIpc) is 2.23. The summed E-state index contributed by atoms with van der Waals surface area (Å²) >= 11 is 0. The summed E-state index contributed by atoms with van der Waals surface area (Å²) in [6.45, 7) is 12.5. The monoisotopic (exact) mass is 243 g/mol. The van der Waals surface area contributed by atoms with E-state index in [9.17, 15) is 0 Å². The maximum Gasteiger partial charge on any atom is 0.0558 e. The first kappa shape index (κ1) is 16.9. The predicted octanol–water partition coefficient (Wildman–Crippen LogP) is 4.00. The molecule has 0 aromatic heterocycles. The summed E-state index contributed by atoms with van der Waals surface area (Å²) in [7, 11) is 1.80. The lowest BCUT2D eigenvalue weighted by Gasteiger charge is -2.24. The molecular weight excluding hydrogens is 210 g/mol. The summed E-state index contributed by atoms with van der Waals surface area (Å²) in [6, 6.07) is 0.618. The van der Waals surface area contributed by atoms with Gasteiger partial charge in [-0.1, -0.05) is 34.1 Å².